The topological polar surface area (TPSA) is 159 Å². The maximum absolute atomic E-state index is 11.1. The Balaban J connectivity index is 1.46. The Morgan fingerprint density at radius 2 is 1.50 bits per heavy atom. The van der Waals surface area contributed by atoms with Crippen LogP contribution in [0.4, 0.5) is 23.3 Å². The summed E-state index contributed by atoms with van der Waals surface area (Å²) in [5.41, 5.74) is 4.03. The van der Waals surface area contributed by atoms with Crippen molar-refractivity contribution in [3.05, 3.63) is 92.0 Å². The van der Waals surface area contributed by atoms with Gasteiger partial charge in [0.2, 0.25) is 11.9 Å². The second kappa shape index (κ2) is 7.20. The predicted molar refractivity (Wildman–Crippen MR) is 124 cm³/mol. The van der Waals surface area contributed by atoms with Gasteiger partial charge in [0, 0.05) is 29.8 Å². The summed E-state index contributed by atoms with van der Waals surface area (Å²) in [5, 5.41) is 22.2. The number of anilines is 1. The number of non-ortho nitro benzene ring substituents is 2. The summed E-state index contributed by atoms with van der Waals surface area (Å²) in [5.74, 6) is 1.36. The molecule has 0 bridgehead atoms. The maximum Gasteiger partial charge on any atom is 0.271 e. The van der Waals surface area contributed by atoms with E-state index in [9.17, 15) is 20.2 Å². The third-order valence-corrected chi connectivity index (χ3v) is 5.64. The molecule has 1 aliphatic heterocycles. The number of aliphatic imine (C=N–C) groups is 1. The van der Waals surface area contributed by atoms with Gasteiger partial charge < -0.3 is 9.97 Å². The quantitative estimate of drug-likeness (QED) is 0.301. The molecule has 0 unspecified atom stereocenters. The van der Waals surface area contributed by atoms with Gasteiger partial charge in [0.05, 0.1) is 38.5 Å². The van der Waals surface area contributed by atoms with E-state index in [1.54, 1.807) is 12.1 Å². The molecule has 0 radical (unpaired) electrons. The second-order valence-corrected chi connectivity index (χ2v) is 7.72. The molecule has 3 aromatic carbocycles. The van der Waals surface area contributed by atoms with Crippen LogP contribution in [0.1, 0.15) is 11.1 Å². The average Bonchev–Trinajstić information content (AvgIpc) is 3.52. The number of nitro groups is 2. The number of aromatic amines is 2. The fourth-order valence-electron chi connectivity index (χ4n) is 4.04. The molecule has 6 rings (SSSR count). The van der Waals surface area contributed by atoms with Gasteiger partial charge >= 0.3 is 0 Å². The number of benzene rings is 3. The number of hydrogen-bond acceptors (Lipinski definition) is 7. The lowest BCUT2D eigenvalue weighted by molar-refractivity contribution is -0.384. The fraction of sp³-hybridized carbons (Fsp3) is 0.0455. The minimum Gasteiger partial charge on any atom is -0.323 e. The van der Waals surface area contributed by atoms with Crippen molar-refractivity contribution >= 4 is 51.2 Å². The predicted octanol–water partition coefficient (Wildman–Crippen LogP) is 4.35. The Morgan fingerprint density at radius 3 is 2.21 bits per heavy atom. The maximum atomic E-state index is 11.1. The van der Waals surface area contributed by atoms with Crippen LogP contribution in [0.25, 0.3) is 22.1 Å². The summed E-state index contributed by atoms with van der Waals surface area (Å²) in [7, 11) is 0. The molecule has 2 aromatic heterocycles. The molecule has 1 aliphatic rings. The highest BCUT2D eigenvalue weighted by molar-refractivity contribution is 6.14. The van der Waals surface area contributed by atoms with Crippen molar-refractivity contribution in [3.8, 4) is 0 Å². The van der Waals surface area contributed by atoms with Crippen LogP contribution in [0.5, 0.6) is 0 Å². The van der Waals surface area contributed by atoms with Crippen molar-refractivity contribution in [2.75, 3.05) is 4.90 Å². The number of amidine groups is 1. The van der Waals surface area contributed by atoms with Gasteiger partial charge in [-0.1, -0.05) is 24.3 Å². The first kappa shape index (κ1) is 19.5. The smallest absolute Gasteiger partial charge is 0.271 e. The first-order valence-electron chi connectivity index (χ1n) is 10.2. The summed E-state index contributed by atoms with van der Waals surface area (Å²) in [4.78, 5) is 43.1. The summed E-state index contributed by atoms with van der Waals surface area (Å²) in [6.45, 7) is 0.489. The fourth-order valence-corrected chi connectivity index (χ4v) is 4.04. The summed E-state index contributed by atoms with van der Waals surface area (Å²) in [6.07, 6.45) is 0. The lowest BCUT2D eigenvalue weighted by Crippen LogP contribution is -2.25. The highest BCUT2D eigenvalue weighted by atomic mass is 16.6. The molecular weight excluding hydrogens is 440 g/mol. The second-order valence-electron chi connectivity index (χ2n) is 7.72. The van der Waals surface area contributed by atoms with E-state index in [4.69, 9.17) is 4.99 Å². The van der Waals surface area contributed by atoms with Crippen LogP contribution in [0.2, 0.25) is 0 Å². The van der Waals surface area contributed by atoms with Gasteiger partial charge in [-0.3, -0.25) is 25.1 Å². The van der Waals surface area contributed by atoms with E-state index in [-0.39, 0.29) is 11.4 Å². The standard InChI is InChI=1S/C22H14N8O4/c31-29(32)13-5-7-16-18(9-13)24-21(23-16)27-20-15-4-2-1-3-12(15)11-28(20)22-25-17-8-6-14(30(33)34)10-19(17)26-22/h1-10H,11H2,(H,23,24)(H,25,26). The zero-order valence-electron chi connectivity index (χ0n) is 17.3. The molecule has 12 heteroatoms. The van der Waals surface area contributed by atoms with E-state index >= 15 is 0 Å². The van der Waals surface area contributed by atoms with E-state index < -0.39 is 9.85 Å². The number of nitrogens with one attached hydrogen (secondary N) is 2. The SMILES string of the molecule is O=[N+]([O-])c1ccc2nc(N=C3c4ccccc4CN3c3nc4ccc([N+](=O)[O-])cc4[nH]3)[nH]c2c1. The molecule has 0 atom stereocenters. The number of imidazole rings is 2. The van der Waals surface area contributed by atoms with Crippen LogP contribution in [0.15, 0.2) is 65.7 Å². The molecule has 0 fully saturated rings. The molecule has 5 aromatic rings. The molecule has 2 N–H and O–H groups in total. The van der Waals surface area contributed by atoms with Gasteiger partial charge in [-0.25, -0.2) is 9.97 Å². The number of rotatable bonds is 4. The van der Waals surface area contributed by atoms with Crippen LogP contribution in [0, 0.1) is 20.2 Å². The van der Waals surface area contributed by atoms with Gasteiger partial charge in [0.25, 0.3) is 11.4 Å². The first-order chi connectivity index (χ1) is 16.5. The van der Waals surface area contributed by atoms with Crippen LogP contribution in [-0.4, -0.2) is 35.6 Å². The molecule has 0 saturated carbocycles. The van der Waals surface area contributed by atoms with E-state index in [0.717, 1.165) is 11.1 Å². The van der Waals surface area contributed by atoms with Crippen molar-refractivity contribution in [3.63, 3.8) is 0 Å². The number of nitro benzene ring substituents is 2. The lowest BCUT2D eigenvalue weighted by atomic mass is 10.1. The molecule has 0 amide bonds. The number of H-pyrrole nitrogens is 2. The zero-order valence-corrected chi connectivity index (χ0v) is 17.3. The van der Waals surface area contributed by atoms with Crippen molar-refractivity contribution in [2.45, 2.75) is 6.54 Å². The molecule has 0 saturated heterocycles. The third kappa shape index (κ3) is 3.12. The summed E-state index contributed by atoms with van der Waals surface area (Å²) >= 11 is 0. The highest BCUT2D eigenvalue weighted by Gasteiger charge is 2.29. The number of hydrogen-bond donors (Lipinski definition) is 2. The van der Waals surface area contributed by atoms with Crippen LogP contribution in [-0.2, 0) is 6.54 Å². The van der Waals surface area contributed by atoms with E-state index in [1.165, 1.54) is 24.3 Å². The van der Waals surface area contributed by atoms with Crippen LogP contribution < -0.4 is 4.90 Å². The van der Waals surface area contributed by atoms with E-state index in [0.29, 0.717) is 46.3 Å². The Morgan fingerprint density at radius 1 is 0.853 bits per heavy atom. The van der Waals surface area contributed by atoms with Gasteiger partial charge in [0.15, 0.2) is 0 Å². The Hall–Kier alpha value is -5.13. The largest absolute Gasteiger partial charge is 0.323 e. The normalized spacial score (nSPS) is 14.2. The Bertz CT molecular complexity index is 1670. The van der Waals surface area contributed by atoms with Crippen molar-refractivity contribution in [2.24, 2.45) is 4.99 Å². The molecule has 166 valence electrons. The van der Waals surface area contributed by atoms with Crippen molar-refractivity contribution < 1.29 is 9.85 Å². The van der Waals surface area contributed by atoms with Gasteiger partial charge in [-0.05, 0) is 17.7 Å². The molecular formula is C22H14N8O4. The molecule has 34 heavy (non-hydrogen) atoms. The Labute approximate surface area is 189 Å². The van der Waals surface area contributed by atoms with Gasteiger partial charge in [-0.2, -0.15) is 4.99 Å². The molecule has 3 heterocycles. The van der Waals surface area contributed by atoms with Crippen molar-refractivity contribution in [1.82, 2.24) is 19.9 Å². The summed E-state index contributed by atoms with van der Waals surface area (Å²) < 4.78 is 0. The lowest BCUT2D eigenvalue weighted by Gasteiger charge is -2.15. The number of aromatic nitrogens is 4. The average molecular weight is 454 g/mol. The van der Waals surface area contributed by atoms with Crippen LogP contribution >= 0.6 is 0 Å². The Kier molecular flexibility index (Phi) is 4.14. The minimum absolute atomic E-state index is 0.0299. The summed E-state index contributed by atoms with van der Waals surface area (Å²) in [6, 6.07) is 16.6. The monoisotopic (exact) mass is 454 g/mol. The minimum atomic E-state index is -0.466. The van der Waals surface area contributed by atoms with Crippen LogP contribution in [0.3, 0.4) is 0 Å². The third-order valence-electron chi connectivity index (χ3n) is 5.64. The van der Waals surface area contributed by atoms with Crippen molar-refractivity contribution in [1.29, 1.82) is 0 Å². The molecule has 12 nitrogen and oxygen atoms in total. The first-order valence-corrected chi connectivity index (χ1v) is 10.2. The number of fused-ring (bicyclic) bond motifs is 3. The van der Waals surface area contributed by atoms with E-state index in [1.807, 2.05) is 29.2 Å². The molecule has 0 aliphatic carbocycles. The number of nitrogens with zero attached hydrogens (tertiary/aromatic N) is 6. The van der Waals surface area contributed by atoms with E-state index in [2.05, 4.69) is 19.9 Å². The molecule has 0 spiro atoms. The van der Waals surface area contributed by atoms with Gasteiger partial charge in [-0.15, -0.1) is 0 Å². The van der Waals surface area contributed by atoms with Gasteiger partial charge in [0.1, 0.15) is 5.84 Å². The highest BCUT2D eigenvalue weighted by Crippen LogP contribution is 2.31. The zero-order chi connectivity index (χ0) is 23.4.